The summed E-state index contributed by atoms with van der Waals surface area (Å²) in [7, 11) is 1.32. The molecule has 0 spiro atoms. The topological polar surface area (TPSA) is 129 Å². The van der Waals surface area contributed by atoms with E-state index >= 15 is 0 Å². The van der Waals surface area contributed by atoms with E-state index in [0.717, 1.165) is 0 Å². The number of hydrogen-bond donors (Lipinski definition) is 0. The van der Waals surface area contributed by atoms with E-state index in [-0.39, 0.29) is 35.4 Å². The van der Waals surface area contributed by atoms with Gasteiger partial charge < -0.3 is 9.47 Å². The van der Waals surface area contributed by atoms with Crippen LogP contribution in [0.15, 0.2) is 17.3 Å². The second-order valence-corrected chi connectivity index (χ2v) is 5.05. The second-order valence-electron chi connectivity index (χ2n) is 5.05. The molecule has 0 saturated carbocycles. The highest BCUT2D eigenvalue weighted by Crippen LogP contribution is 2.34. The molecule has 25 heavy (non-hydrogen) atoms. The van der Waals surface area contributed by atoms with Crippen molar-refractivity contribution in [3.63, 3.8) is 0 Å². The van der Waals surface area contributed by atoms with Crippen LogP contribution in [0.4, 0.5) is 10.5 Å². The lowest BCUT2D eigenvalue weighted by Gasteiger charge is -2.18. The zero-order valence-corrected chi connectivity index (χ0v) is 13.4. The Hall–Kier alpha value is -3.30. The molecule has 1 aromatic rings. The number of hydrogen-bond acceptors (Lipinski definition) is 9. The first-order valence-electron chi connectivity index (χ1n) is 7.16. The lowest BCUT2D eigenvalue weighted by molar-refractivity contribution is -0.178. The van der Waals surface area contributed by atoms with Crippen molar-refractivity contribution in [2.45, 2.75) is 25.9 Å². The first kappa shape index (κ1) is 18.0. The van der Waals surface area contributed by atoms with E-state index in [1.165, 1.54) is 26.2 Å². The fourth-order valence-corrected chi connectivity index (χ4v) is 2.24. The van der Waals surface area contributed by atoms with Gasteiger partial charge in [-0.25, -0.2) is 4.79 Å². The lowest BCUT2D eigenvalue weighted by Crippen LogP contribution is -2.32. The Morgan fingerprint density at radius 1 is 1.28 bits per heavy atom. The van der Waals surface area contributed by atoms with Crippen molar-refractivity contribution >= 4 is 29.9 Å². The fourth-order valence-electron chi connectivity index (χ4n) is 2.24. The average Bonchev–Trinajstić information content (AvgIpc) is 2.92. The third-order valence-corrected chi connectivity index (χ3v) is 3.49. The molecule has 10 nitrogen and oxygen atoms in total. The Labute approximate surface area is 141 Å². The summed E-state index contributed by atoms with van der Waals surface area (Å²) in [6.07, 6.45) is -1.94. The monoisotopic (exact) mass is 350 g/mol. The largest absolute Gasteiger partial charge is 0.534 e. The van der Waals surface area contributed by atoms with Crippen LogP contribution in [0.2, 0.25) is 0 Å². The SMILES string of the molecule is COc1cc(C(C)OC(=O)ON2C(=O)CCC2=O)c(N=O)cc1C=O. The molecule has 0 radical (unpaired) electrons. The molecule has 10 heteroatoms. The van der Waals surface area contributed by atoms with E-state index in [2.05, 4.69) is 10.0 Å². The minimum absolute atomic E-state index is 0.0504. The van der Waals surface area contributed by atoms with Crippen LogP contribution in [0.3, 0.4) is 0 Å². The van der Waals surface area contributed by atoms with E-state index in [1.807, 2.05) is 0 Å². The van der Waals surface area contributed by atoms with Crippen LogP contribution < -0.4 is 4.74 Å². The van der Waals surface area contributed by atoms with Gasteiger partial charge in [0.2, 0.25) is 0 Å². The van der Waals surface area contributed by atoms with Crippen LogP contribution >= 0.6 is 0 Å². The number of imide groups is 1. The lowest BCUT2D eigenvalue weighted by atomic mass is 10.0. The summed E-state index contributed by atoms with van der Waals surface area (Å²) < 4.78 is 9.98. The summed E-state index contributed by atoms with van der Waals surface area (Å²) in [6.45, 7) is 1.42. The van der Waals surface area contributed by atoms with E-state index in [9.17, 15) is 24.1 Å². The molecule has 1 heterocycles. The van der Waals surface area contributed by atoms with Crippen molar-refractivity contribution in [3.05, 3.63) is 28.2 Å². The molecule has 2 amide bonds. The summed E-state index contributed by atoms with van der Waals surface area (Å²) in [5.74, 6) is -1.14. The smallest absolute Gasteiger partial charge is 0.496 e. The molecule has 0 bridgehead atoms. The number of carbonyl (C=O) groups excluding carboxylic acids is 4. The Morgan fingerprint density at radius 3 is 2.44 bits per heavy atom. The number of hydroxylamine groups is 2. The number of aldehydes is 1. The molecule has 0 aliphatic carbocycles. The molecule has 132 valence electrons. The van der Waals surface area contributed by atoms with E-state index < -0.39 is 24.1 Å². The van der Waals surface area contributed by atoms with Gasteiger partial charge in [0.05, 0.1) is 12.7 Å². The van der Waals surface area contributed by atoms with E-state index in [1.54, 1.807) is 0 Å². The molecular weight excluding hydrogens is 336 g/mol. The maximum Gasteiger partial charge on any atom is 0.534 e. The molecule has 1 aromatic carbocycles. The second kappa shape index (κ2) is 7.51. The number of nitroso groups, excluding NO2 is 1. The number of ether oxygens (including phenoxy) is 2. The molecule has 1 saturated heterocycles. The third kappa shape index (κ3) is 3.79. The van der Waals surface area contributed by atoms with Gasteiger partial charge in [-0.15, -0.1) is 4.91 Å². The van der Waals surface area contributed by atoms with Gasteiger partial charge in [-0.2, -0.15) is 0 Å². The maximum absolute atomic E-state index is 11.8. The number of rotatable bonds is 6. The third-order valence-electron chi connectivity index (χ3n) is 3.49. The van der Waals surface area contributed by atoms with Crippen molar-refractivity contribution in [1.82, 2.24) is 5.06 Å². The highest BCUT2D eigenvalue weighted by molar-refractivity contribution is 6.01. The minimum Gasteiger partial charge on any atom is -0.496 e. The number of nitrogens with zero attached hydrogens (tertiary/aromatic N) is 2. The Morgan fingerprint density at radius 2 is 1.92 bits per heavy atom. The van der Waals surface area contributed by atoms with Crippen LogP contribution in [0, 0.1) is 4.91 Å². The predicted octanol–water partition coefficient (Wildman–Crippen LogP) is 2.18. The standard InChI is InChI=1S/C15H14N2O8/c1-8(24-15(21)25-17-13(19)3-4-14(17)20)10-6-12(23-2)9(7-18)5-11(10)16-22/h5-8H,3-4H2,1-2H3. The maximum atomic E-state index is 11.8. The van der Waals surface area contributed by atoms with Crippen molar-refractivity contribution in [2.75, 3.05) is 7.11 Å². The molecular formula is C15H14N2O8. The summed E-state index contributed by atoms with van der Waals surface area (Å²) in [4.78, 5) is 61.1. The Balaban J connectivity index is 2.16. The van der Waals surface area contributed by atoms with Crippen molar-refractivity contribution in [3.8, 4) is 5.75 Å². The Bertz CT molecular complexity index is 729. The molecule has 0 N–H and O–H groups in total. The fraction of sp³-hybridized carbons (Fsp3) is 0.333. The van der Waals surface area contributed by atoms with Crippen molar-refractivity contribution in [1.29, 1.82) is 0 Å². The van der Waals surface area contributed by atoms with E-state index in [4.69, 9.17) is 9.47 Å². The normalized spacial score (nSPS) is 14.9. The number of methoxy groups -OCH3 is 1. The number of amides is 2. The summed E-state index contributed by atoms with van der Waals surface area (Å²) in [5, 5.41) is 3.13. The minimum atomic E-state index is -1.30. The van der Waals surface area contributed by atoms with Gasteiger partial charge in [0.1, 0.15) is 17.5 Å². The predicted molar refractivity (Wildman–Crippen MR) is 80.9 cm³/mol. The number of carbonyl (C=O) groups is 4. The summed E-state index contributed by atoms with van der Waals surface area (Å²) in [5.41, 5.74) is 0.133. The van der Waals surface area contributed by atoms with Gasteiger partial charge >= 0.3 is 6.16 Å². The average molecular weight is 350 g/mol. The molecule has 1 unspecified atom stereocenters. The van der Waals surface area contributed by atoms with Gasteiger partial charge in [0.25, 0.3) is 11.8 Å². The van der Waals surface area contributed by atoms with Gasteiger partial charge in [-0.1, -0.05) is 5.06 Å². The van der Waals surface area contributed by atoms with Crippen LogP contribution in [-0.4, -0.2) is 36.4 Å². The molecule has 0 aromatic heterocycles. The summed E-state index contributed by atoms with van der Waals surface area (Å²) >= 11 is 0. The zero-order chi connectivity index (χ0) is 18.6. The zero-order valence-electron chi connectivity index (χ0n) is 13.4. The molecule has 1 aliphatic rings. The molecule has 1 fully saturated rings. The van der Waals surface area contributed by atoms with Gasteiger partial charge in [0, 0.05) is 18.4 Å². The van der Waals surface area contributed by atoms with Gasteiger partial charge in [0.15, 0.2) is 6.29 Å². The van der Waals surface area contributed by atoms with Crippen molar-refractivity contribution < 1.29 is 33.5 Å². The van der Waals surface area contributed by atoms with Crippen LogP contribution in [-0.2, 0) is 19.2 Å². The molecule has 1 aliphatic heterocycles. The van der Waals surface area contributed by atoms with Crippen molar-refractivity contribution in [2.24, 2.45) is 5.18 Å². The molecule has 1 atom stereocenters. The first-order chi connectivity index (χ1) is 11.9. The van der Waals surface area contributed by atoms with Crippen LogP contribution in [0.25, 0.3) is 0 Å². The summed E-state index contributed by atoms with van der Waals surface area (Å²) in [6, 6.07) is 2.51. The van der Waals surface area contributed by atoms with Gasteiger partial charge in [-0.05, 0) is 24.2 Å². The Kier molecular flexibility index (Phi) is 5.42. The van der Waals surface area contributed by atoms with Gasteiger partial charge in [-0.3, -0.25) is 19.2 Å². The van der Waals surface area contributed by atoms with Crippen LogP contribution in [0.5, 0.6) is 5.75 Å². The highest BCUT2D eigenvalue weighted by Gasteiger charge is 2.34. The highest BCUT2D eigenvalue weighted by atomic mass is 16.8. The van der Waals surface area contributed by atoms with E-state index in [0.29, 0.717) is 11.3 Å². The molecule has 2 rings (SSSR count). The first-order valence-corrected chi connectivity index (χ1v) is 7.16. The van der Waals surface area contributed by atoms with Crippen LogP contribution in [0.1, 0.15) is 41.8 Å². The quantitative estimate of drug-likeness (QED) is 0.330. The number of benzene rings is 1.